The van der Waals surface area contributed by atoms with E-state index in [0.29, 0.717) is 0 Å². The van der Waals surface area contributed by atoms with Gasteiger partial charge in [0, 0.05) is 31.9 Å². The minimum atomic E-state index is 1.13. The highest BCUT2D eigenvalue weighted by Crippen LogP contribution is 2.24. The van der Waals surface area contributed by atoms with Gasteiger partial charge in [-0.15, -0.1) is 0 Å². The van der Waals surface area contributed by atoms with Gasteiger partial charge in [-0.25, -0.2) is 0 Å². The van der Waals surface area contributed by atoms with Crippen LogP contribution in [0.4, 0.5) is 5.69 Å². The molecule has 1 heterocycles. The van der Waals surface area contributed by atoms with Gasteiger partial charge in [0.15, 0.2) is 0 Å². The molecule has 0 saturated carbocycles. The van der Waals surface area contributed by atoms with E-state index in [2.05, 4.69) is 72.3 Å². The maximum atomic E-state index is 2.47. The minimum absolute atomic E-state index is 1.13. The third kappa shape index (κ3) is 4.11. The summed E-state index contributed by atoms with van der Waals surface area (Å²) in [7, 11) is 2.19. The predicted octanol–water partition coefficient (Wildman–Crippen LogP) is 4.44. The molecular formula is C20H28N2. The van der Waals surface area contributed by atoms with Crippen molar-refractivity contribution >= 4 is 5.69 Å². The Morgan fingerprint density at radius 1 is 0.682 bits per heavy atom. The van der Waals surface area contributed by atoms with Crippen LogP contribution in [0, 0.1) is 6.92 Å². The Balaban J connectivity index is 0.000000847. The molecule has 0 amide bonds. The number of rotatable bonds is 2. The highest BCUT2D eigenvalue weighted by molar-refractivity contribution is 5.66. The number of hydrogen-bond acceptors (Lipinski definition) is 2. The van der Waals surface area contributed by atoms with Crippen molar-refractivity contribution < 1.29 is 0 Å². The minimum Gasteiger partial charge on any atom is -0.369 e. The zero-order valence-electron chi connectivity index (χ0n) is 14.3. The second-order valence-corrected chi connectivity index (χ2v) is 5.70. The van der Waals surface area contributed by atoms with Gasteiger partial charge in [0.2, 0.25) is 0 Å². The van der Waals surface area contributed by atoms with Crippen LogP contribution in [0.2, 0.25) is 0 Å². The molecule has 0 radical (unpaired) electrons. The third-order valence-electron chi connectivity index (χ3n) is 4.12. The number of nitrogens with zero attached hydrogens (tertiary/aromatic N) is 2. The zero-order chi connectivity index (χ0) is 15.9. The van der Waals surface area contributed by atoms with Gasteiger partial charge in [0.1, 0.15) is 0 Å². The van der Waals surface area contributed by atoms with Gasteiger partial charge in [0.05, 0.1) is 0 Å². The SMILES string of the molecule is CC.Cc1ccc(-c2ccc(N3CCN(C)CC3)cc2)cc1. The van der Waals surface area contributed by atoms with Crippen molar-refractivity contribution in [2.45, 2.75) is 20.8 Å². The molecule has 0 unspecified atom stereocenters. The molecule has 0 bridgehead atoms. The molecule has 0 atom stereocenters. The molecule has 0 aromatic heterocycles. The van der Waals surface area contributed by atoms with E-state index in [1.165, 1.54) is 22.4 Å². The van der Waals surface area contributed by atoms with E-state index < -0.39 is 0 Å². The fourth-order valence-corrected chi connectivity index (χ4v) is 2.68. The van der Waals surface area contributed by atoms with Crippen molar-refractivity contribution in [3.63, 3.8) is 0 Å². The highest BCUT2D eigenvalue weighted by atomic mass is 15.2. The summed E-state index contributed by atoms with van der Waals surface area (Å²) in [6, 6.07) is 17.7. The summed E-state index contributed by atoms with van der Waals surface area (Å²) in [5.41, 5.74) is 5.24. The van der Waals surface area contributed by atoms with Crippen LogP contribution in [0.3, 0.4) is 0 Å². The van der Waals surface area contributed by atoms with Crippen LogP contribution < -0.4 is 4.90 Å². The topological polar surface area (TPSA) is 6.48 Å². The predicted molar refractivity (Wildman–Crippen MR) is 97.7 cm³/mol. The number of likely N-dealkylation sites (N-methyl/N-ethyl adjacent to an activating group) is 1. The van der Waals surface area contributed by atoms with E-state index in [1.807, 2.05) is 13.8 Å². The highest BCUT2D eigenvalue weighted by Gasteiger charge is 2.13. The molecule has 0 aliphatic carbocycles. The molecule has 1 aliphatic heterocycles. The second-order valence-electron chi connectivity index (χ2n) is 5.70. The number of piperazine rings is 1. The number of benzene rings is 2. The van der Waals surface area contributed by atoms with Crippen molar-refractivity contribution in [3.05, 3.63) is 54.1 Å². The van der Waals surface area contributed by atoms with Gasteiger partial charge in [-0.05, 0) is 37.2 Å². The summed E-state index contributed by atoms with van der Waals surface area (Å²) in [5, 5.41) is 0. The lowest BCUT2D eigenvalue weighted by atomic mass is 10.0. The van der Waals surface area contributed by atoms with Gasteiger partial charge >= 0.3 is 0 Å². The summed E-state index contributed by atoms with van der Waals surface area (Å²) < 4.78 is 0. The smallest absolute Gasteiger partial charge is 0.0367 e. The molecule has 1 fully saturated rings. The summed E-state index contributed by atoms with van der Waals surface area (Å²) in [6.07, 6.45) is 0. The van der Waals surface area contributed by atoms with Crippen LogP contribution in [-0.2, 0) is 0 Å². The monoisotopic (exact) mass is 296 g/mol. The van der Waals surface area contributed by atoms with Gasteiger partial charge in [0.25, 0.3) is 0 Å². The molecule has 1 aliphatic rings. The molecule has 118 valence electrons. The van der Waals surface area contributed by atoms with Gasteiger partial charge in [-0.3, -0.25) is 0 Å². The van der Waals surface area contributed by atoms with Crippen LogP contribution >= 0.6 is 0 Å². The maximum absolute atomic E-state index is 2.47. The van der Waals surface area contributed by atoms with Crippen LogP contribution in [0.15, 0.2) is 48.5 Å². The van der Waals surface area contributed by atoms with E-state index in [9.17, 15) is 0 Å². The first-order valence-corrected chi connectivity index (χ1v) is 8.33. The first-order valence-electron chi connectivity index (χ1n) is 8.33. The first kappa shape index (κ1) is 16.6. The lowest BCUT2D eigenvalue weighted by Crippen LogP contribution is -2.44. The average Bonchev–Trinajstić information content (AvgIpc) is 2.58. The lowest BCUT2D eigenvalue weighted by Gasteiger charge is -2.34. The Morgan fingerprint density at radius 3 is 1.64 bits per heavy atom. The number of aryl methyl sites for hydroxylation is 1. The number of hydrogen-bond donors (Lipinski definition) is 0. The molecule has 0 spiro atoms. The van der Waals surface area contributed by atoms with Crippen molar-refractivity contribution in [3.8, 4) is 11.1 Å². The summed E-state index contributed by atoms with van der Waals surface area (Å²) >= 11 is 0. The lowest BCUT2D eigenvalue weighted by molar-refractivity contribution is 0.313. The largest absolute Gasteiger partial charge is 0.369 e. The van der Waals surface area contributed by atoms with E-state index in [1.54, 1.807) is 0 Å². The fraction of sp³-hybridized carbons (Fsp3) is 0.400. The fourth-order valence-electron chi connectivity index (χ4n) is 2.68. The van der Waals surface area contributed by atoms with E-state index in [4.69, 9.17) is 0 Å². The van der Waals surface area contributed by atoms with Crippen LogP contribution in [0.1, 0.15) is 19.4 Å². The first-order chi connectivity index (χ1) is 10.7. The van der Waals surface area contributed by atoms with Crippen molar-refractivity contribution in [2.75, 3.05) is 38.1 Å². The third-order valence-corrected chi connectivity index (χ3v) is 4.12. The standard InChI is InChI=1S/C18H22N2.C2H6/c1-15-3-5-16(6-4-15)17-7-9-18(10-8-17)20-13-11-19(2)12-14-20;1-2/h3-10H,11-14H2,1-2H3;1-2H3. The molecule has 2 heteroatoms. The molecule has 2 aromatic carbocycles. The second kappa shape index (κ2) is 8.00. The normalized spacial score (nSPS) is 15.2. The average molecular weight is 296 g/mol. The summed E-state index contributed by atoms with van der Waals surface area (Å²) in [5.74, 6) is 0. The zero-order valence-corrected chi connectivity index (χ0v) is 14.3. The van der Waals surface area contributed by atoms with E-state index >= 15 is 0 Å². The molecule has 0 N–H and O–H groups in total. The van der Waals surface area contributed by atoms with Crippen molar-refractivity contribution in [1.29, 1.82) is 0 Å². The Bertz CT molecular complexity index is 549. The molecule has 2 nitrogen and oxygen atoms in total. The summed E-state index contributed by atoms with van der Waals surface area (Å²) in [4.78, 5) is 4.86. The van der Waals surface area contributed by atoms with E-state index in [0.717, 1.165) is 26.2 Å². The van der Waals surface area contributed by atoms with Crippen LogP contribution in [-0.4, -0.2) is 38.1 Å². The quantitative estimate of drug-likeness (QED) is 0.808. The molecule has 22 heavy (non-hydrogen) atoms. The Hall–Kier alpha value is -1.80. The van der Waals surface area contributed by atoms with Crippen molar-refractivity contribution in [1.82, 2.24) is 4.90 Å². The van der Waals surface area contributed by atoms with Gasteiger partial charge < -0.3 is 9.80 Å². The summed E-state index contributed by atoms with van der Waals surface area (Å²) in [6.45, 7) is 10.7. The van der Waals surface area contributed by atoms with Crippen LogP contribution in [0.5, 0.6) is 0 Å². The van der Waals surface area contributed by atoms with Gasteiger partial charge in [-0.2, -0.15) is 0 Å². The maximum Gasteiger partial charge on any atom is 0.0367 e. The van der Waals surface area contributed by atoms with E-state index in [-0.39, 0.29) is 0 Å². The van der Waals surface area contributed by atoms with Gasteiger partial charge in [-0.1, -0.05) is 55.8 Å². The Kier molecular flexibility index (Phi) is 6.02. The molecule has 2 aromatic rings. The van der Waals surface area contributed by atoms with Crippen LogP contribution in [0.25, 0.3) is 11.1 Å². The molecule has 1 saturated heterocycles. The Morgan fingerprint density at radius 2 is 1.14 bits per heavy atom. The molecule has 3 rings (SSSR count). The Labute approximate surface area is 135 Å². The van der Waals surface area contributed by atoms with Crippen molar-refractivity contribution in [2.24, 2.45) is 0 Å². The number of anilines is 1. The molecular weight excluding hydrogens is 268 g/mol.